The number of hydrogen-bond donors (Lipinski definition) is 3. The third-order valence-electron chi connectivity index (χ3n) is 11.0. The van der Waals surface area contributed by atoms with Gasteiger partial charge in [-0.1, -0.05) is 44.9 Å². The zero-order chi connectivity index (χ0) is 24.8. The number of aliphatic carboxylic acids is 1. The van der Waals surface area contributed by atoms with Crippen LogP contribution < -0.4 is 10.6 Å². The second-order valence-corrected chi connectivity index (χ2v) is 13.2. The third kappa shape index (κ3) is 4.76. The molecule has 0 aromatic rings. The number of ether oxygens (including phenoxy) is 2. The Morgan fingerprint density at radius 2 is 1.44 bits per heavy atom. The summed E-state index contributed by atoms with van der Waals surface area (Å²) in [5.74, 6) is 1.81. The van der Waals surface area contributed by atoms with E-state index in [2.05, 4.69) is 29.4 Å². The van der Waals surface area contributed by atoms with Crippen molar-refractivity contribution in [2.45, 2.75) is 140 Å². The van der Waals surface area contributed by atoms with Crippen LogP contribution in [-0.2, 0) is 14.3 Å². The van der Waals surface area contributed by atoms with Crippen LogP contribution >= 0.6 is 0 Å². The van der Waals surface area contributed by atoms with Crippen molar-refractivity contribution >= 4 is 5.97 Å². The van der Waals surface area contributed by atoms with Crippen molar-refractivity contribution in [1.29, 1.82) is 0 Å². The smallest absolute Gasteiger partial charge is 0.321 e. The Bertz CT molecular complexity index is 766. The minimum atomic E-state index is -0.594. The van der Waals surface area contributed by atoms with Crippen LogP contribution in [0.3, 0.4) is 0 Å². The number of carbonyl (C=O) groups is 1. The van der Waals surface area contributed by atoms with Gasteiger partial charge in [0.05, 0.1) is 12.2 Å². The van der Waals surface area contributed by atoms with Crippen LogP contribution in [0, 0.1) is 29.6 Å². The first-order valence-corrected chi connectivity index (χ1v) is 15.3. The van der Waals surface area contributed by atoms with E-state index in [1.807, 2.05) is 0 Å². The summed E-state index contributed by atoms with van der Waals surface area (Å²) in [6.07, 6.45) is 15.9. The SMILES string of the molecule is CC1CC(C)NC(N2C(C(=O)O)C(C3CCCCC3)C3CCCCC3C2C2CCC3OCOC3C2)N1. The van der Waals surface area contributed by atoms with Gasteiger partial charge in [0.15, 0.2) is 0 Å². The molecule has 3 N–H and O–H groups in total. The van der Waals surface area contributed by atoms with Gasteiger partial charge in [-0.3, -0.25) is 20.3 Å². The molecule has 3 saturated heterocycles. The van der Waals surface area contributed by atoms with E-state index < -0.39 is 12.0 Å². The molecule has 0 radical (unpaired) electrons. The van der Waals surface area contributed by atoms with Gasteiger partial charge in [-0.2, -0.15) is 0 Å². The Morgan fingerprint density at radius 3 is 2.17 bits per heavy atom. The van der Waals surface area contributed by atoms with Crippen LogP contribution in [0.15, 0.2) is 0 Å². The lowest BCUT2D eigenvalue weighted by Gasteiger charge is -2.61. The first kappa shape index (κ1) is 25.5. The Kier molecular flexibility index (Phi) is 7.66. The van der Waals surface area contributed by atoms with Gasteiger partial charge in [-0.15, -0.1) is 0 Å². The molecule has 3 saturated carbocycles. The van der Waals surface area contributed by atoms with E-state index in [-0.39, 0.29) is 30.5 Å². The highest BCUT2D eigenvalue weighted by Crippen LogP contribution is 2.54. The van der Waals surface area contributed by atoms with Crippen LogP contribution in [0.1, 0.15) is 97.3 Å². The van der Waals surface area contributed by atoms with Gasteiger partial charge in [-0.25, -0.2) is 0 Å². The second-order valence-electron chi connectivity index (χ2n) is 13.2. The number of carboxylic acids is 1. The standard InChI is InChI=1S/C29H49N3O4/c1-17-14-18(2)31-29(30-17)32-26(20-12-13-23-24(15-20)36-16-35-23)22-11-7-6-10-21(22)25(27(32)28(33)34)19-8-4-3-5-9-19/h17-27,29-31H,3-16H2,1-2H3,(H,33,34). The van der Waals surface area contributed by atoms with E-state index >= 15 is 0 Å². The molecule has 10 unspecified atom stereocenters. The Morgan fingerprint density at radius 1 is 0.778 bits per heavy atom. The number of likely N-dealkylation sites (tertiary alicyclic amines) is 1. The molecule has 0 spiro atoms. The summed E-state index contributed by atoms with van der Waals surface area (Å²) in [6, 6.07) is 0.615. The highest BCUT2D eigenvalue weighted by Gasteiger charge is 2.58. The highest BCUT2D eigenvalue weighted by molar-refractivity contribution is 5.74. The fourth-order valence-corrected chi connectivity index (χ4v) is 9.72. The van der Waals surface area contributed by atoms with Crippen LogP contribution in [0.25, 0.3) is 0 Å². The summed E-state index contributed by atoms with van der Waals surface area (Å²) >= 11 is 0. The van der Waals surface area contributed by atoms with E-state index in [9.17, 15) is 9.90 Å². The average molecular weight is 504 g/mol. The van der Waals surface area contributed by atoms with Crippen molar-refractivity contribution in [1.82, 2.24) is 15.5 Å². The number of nitrogens with zero attached hydrogens (tertiary/aromatic N) is 1. The molecule has 3 aliphatic carbocycles. The lowest BCUT2D eigenvalue weighted by atomic mass is 9.56. The Balaban J connectivity index is 1.40. The number of nitrogens with one attached hydrogen (secondary N) is 2. The largest absolute Gasteiger partial charge is 0.480 e. The molecule has 6 fully saturated rings. The van der Waals surface area contributed by atoms with Gasteiger partial charge in [0.2, 0.25) is 0 Å². The molecule has 36 heavy (non-hydrogen) atoms. The van der Waals surface area contributed by atoms with Crippen molar-refractivity contribution in [3.8, 4) is 0 Å². The zero-order valence-electron chi connectivity index (χ0n) is 22.4. The average Bonchev–Trinajstić information content (AvgIpc) is 3.35. The fourth-order valence-electron chi connectivity index (χ4n) is 9.72. The molecular weight excluding hydrogens is 454 g/mol. The van der Waals surface area contributed by atoms with E-state index in [4.69, 9.17) is 9.47 Å². The maximum Gasteiger partial charge on any atom is 0.321 e. The molecule has 10 atom stereocenters. The molecule has 6 rings (SSSR count). The summed E-state index contributed by atoms with van der Waals surface area (Å²) in [7, 11) is 0. The van der Waals surface area contributed by atoms with Gasteiger partial charge < -0.3 is 14.6 Å². The van der Waals surface area contributed by atoms with E-state index in [0.717, 1.165) is 25.7 Å². The second kappa shape index (κ2) is 10.8. The lowest BCUT2D eigenvalue weighted by molar-refractivity contribution is -0.179. The molecule has 6 aliphatic rings. The van der Waals surface area contributed by atoms with Crippen molar-refractivity contribution in [2.24, 2.45) is 29.6 Å². The monoisotopic (exact) mass is 503 g/mol. The molecule has 7 heteroatoms. The first-order chi connectivity index (χ1) is 17.5. The summed E-state index contributed by atoms with van der Waals surface area (Å²) in [5, 5.41) is 18.6. The maximum atomic E-state index is 13.4. The van der Waals surface area contributed by atoms with Gasteiger partial charge in [0.1, 0.15) is 19.1 Å². The molecular formula is C29H49N3O4. The fraction of sp³-hybridized carbons (Fsp3) is 0.966. The van der Waals surface area contributed by atoms with Crippen molar-refractivity contribution < 1.29 is 19.4 Å². The lowest BCUT2D eigenvalue weighted by Crippen LogP contribution is -2.75. The molecule has 0 aromatic heterocycles. The Labute approximate surface area is 217 Å². The molecule has 3 heterocycles. The first-order valence-electron chi connectivity index (χ1n) is 15.3. The normalized spacial score (nSPS) is 48.8. The number of piperidine rings is 1. The third-order valence-corrected chi connectivity index (χ3v) is 11.0. The van der Waals surface area contributed by atoms with E-state index in [1.165, 1.54) is 57.8 Å². The van der Waals surface area contributed by atoms with Gasteiger partial charge in [0, 0.05) is 18.1 Å². The number of hydrogen-bond acceptors (Lipinski definition) is 6. The van der Waals surface area contributed by atoms with Crippen molar-refractivity contribution in [3.05, 3.63) is 0 Å². The molecule has 0 amide bonds. The maximum absolute atomic E-state index is 13.4. The van der Waals surface area contributed by atoms with E-state index in [0.29, 0.717) is 42.5 Å². The summed E-state index contributed by atoms with van der Waals surface area (Å²) < 4.78 is 11.9. The molecule has 7 nitrogen and oxygen atoms in total. The topological polar surface area (TPSA) is 83.1 Å². The van der Waals surface area contributed by atoms with Crippen molar-refractivity contribution in [2.75, 3.05) is 6.79 Å². The Hall–Kier alpha value is -0.730. The zero-order valence-corrected chi connectivity index (χ0v) is 22.4. The highest BCUT2D eigenvalue weighted by atomic mass is 16.7. The van der Waals surface area contributed by atoms with Crippen LogP contribution in [0.5, 0.6) is 0 Å². The van der Waals surface area contributed by atoms with Gasteiger partial charge in [-0.05, 0) is 82.0 Å². The summed E-state index contributed by atoms with van der Waals surface area (Å²) in [6.45, 7) is 4.94. The van der Waals surface area contributed by atoms with Crippen molar-refractivity contribution in [3.63, 3.8) is 0 Å². The quantitative estimate of drug-likeness (QED) is 0.527. The van der Waals surface area contributed by atoms with Gasteiger partial charge >= 0.3 is 5.97 Å². The van der Waals surface area contributed by atoms with Crippen LogP contribution in [-0.4, -0.2) is 65.4 Å². The van der Waals surface area contributed by atoms with Crippen LogP contribution in [0.2, 0.25) is 0 Å². The van der Waals surface area contributed by atoms with E-state index in [1.54, 1.807) is 0 Å². The predicted molar refractivity (Wildman–Crippen MR) is 138 cm³/mol. The molecule has 204 valence electrons. The predicted octanol–water partition coefficient (Wildman–Crippen LogP) is 4.31. The number of rotatable bonds is 4. The molecule has 3 aliphatic heterocycles. The molecule has 0 aromatic carbocycles. The summed E-state index contributed by atoms with van der Waals surface area (Å²) in [4.78, 5) is 15.9. The minimum absolute atomic E-state index is 0.0812. The van der Waals surface area contributed by atoms with Crippen LogP contribution in [0.4, 0.5) is 0 Å². The summed E-state index contributed by atoms with van der Waals surface area (Å²) in [5.41, 5.74) is 0. The number of carboxylic acid groups (broad SMARTS) is 1. The minimum Gasteiger partial charge on any atom is -0.480 e. The van der Waals surface area contributed by atoms with Gasteiger partial charge in [0.25, 0.3) is 0 Å². The molecule has 0 bridgehead atoms. The number of fused-ring (bicyclic) bond motifs is 2.